The van der Waals surface area contributed by atoms with Crippen molar-refractivity contribution in [2.75, 3.05) is 11.9 Å². The van der Waals surface area contributed by atoms with Gasteiger partial charge in [-0.05, 0) is 38.1 Å². The van der Waals surface area contributed by atoms with Crippen molar-refractivity contribution < 1.29 is 32.7 Å². The van der Waals surface area contributed by atoms with E-state index in [0.29, 0.717) is 6.07 Å². The molecule has 0 fully saturated rings. The molecule has 0 aliphatic heterocycles. The molecular weight excluding hydrogens is 417 g/mol. The molecule has 0 saturated heterocycles. The van der Waals surface area contributed by atoms with Crippen molar-refractivity contribution in [1.82, 2.24) is 0 Å². The summed E-state index contributed by atoms with van der Waals surface area (Å²) in [6, 6.07) is 6.15. The predicted molar refractivity (Wildman–Crippen MR) is 99.5 cm³/mol. The maximum atomic E-state index is 12.7. The minimum atomic E-state index is -4.57. The van der Waals surface area contributed by atoms with Gasteiger partial charge in [-0.15, -0.1) is 0 Å². The van der Waals surface area contributed by atoms with Gasteiger partial charge in [0.05, 0.1) is 20.9 Å². The molecule has 7 nitrogen and oxygen atoms in total. The largest absolute Gasteiger partial charge is 0.481 e. The third kappa shape index (κ3) is 5.50. The fourth-order valence-corrected chi connectivity index (χ4v) is 2.38. The molecule has 0 saturated carbocycles. The van der Waals surface area contributed by atoms with E-state index in [0.717, 1.165) is 18.2 Å². The van der Waals surface area contributed by atoms with Crippen molar-refractivity contribution in [3.05, 3.63) is 57.1 Å². The van der Waals surface area contributed by atoms with Gasteiger partial charge in [-0.1, -0.05) is 11.6 Å². The van der Waals surface area contributed by atoms with Crippen LogP contribution in [-0.4, -0.2) is 22.5 Å². The Hall–Kier alpha value is -3.01. The van der Waals surface area contributed by atoms with E-state index in [1.807, 2.05) is 0 Å². The highest BCUT2D eigenvalue weighted by Crippen LogP contribution is 2.38. The molecule has 2 rings (SSSR count). The summed E-state index contributed by atoms with van der Waals surface area (Å²) in [6.45, 7) is 2.76. The van der Waals surface area contributed by atoms with Crippen LogP contribution in [0.1, 0.15) is 19.4 Å². The van der Waals surface area contributed by atoms with Crippen LogP contribution in [0.4, 0.5) is 24.5 Å². The van der Waals surface area contributed by atoms with Crippen molar-refractivity contribution in [1.29, 1.82) is 0 Å². The zero-order valence-electron chi connectivity index (χ0n) is 15.2. The molecule has 0 amide bonds. The molecule has 0 atom stereocenters. The van der Waals surface area contributed by atoms with Crippen LogP contribution in [0.15, 0.2) is 36.4 Å². The molecule has 2 aromatic rings. The zero-order chi connectivity index (χ0) is 22.0. The fraction of sp³-hybridized carbons (Fsp3) is 0.278. The van der Waals surface area contributed by atoms with E-state index in [4.69, 9.17) is 21.4 Å². The van der Waals surface area contributed by atoms with E-state index >= 15 is 0 Å². The first kappa shape index (κ1) is 22.3. The highest BCUT2D eigenvalue weighted by atomic mass is 35.5. The van der Waals surface area contributed by atoms with Crippen LogP contribution in [0, 0.1) is 15.5 Å². The smallest absolute Gasteiger partial charge is 0.416 e. The van der Waals surface area contributed by atoms with Gasteiger partial charge in [0, 0.05) is 18.7 Å². The molecule has 0 radical (unpaired) electrons. The summed E-state index contributed by atoms with van der Waals surface area (Å²) in [7, 11) is 0. The van der Waals surface area contributed by atoms with Gasteiger partial charge >= 0.3 is 12.1 Å². The second kappa shape index (κ2) is 8.16. The number of halogens is 4. The summed E-state index contributed by atoms with van der Waals surface area (Å²) >= 11 is 5.85. The van der Waals surface area contributed by atoms with Gasteiger partial charge in [-0.2, -0.15) is 13.2 Å². The molecular formula is C18H16ClF3N2O5. The average Bonchev–Trinajstić information content (AvgIpc) is 2.60. The topological polar surface area (TPSA) is 102 Å². The van der Waals surface area contributed by atoms with E-state index in [-0.39, 0.29) is 34.4 Å². The Kier molecular flexibility index (Phi) is 6.27. The van der Waals surface area contributed by atoms with Crippen molar-refractivity contribution >= 4 is 28.9 Å². The Balaban J connectivity index is 2.31. The molecule has 156 valence electrons. The highest BCUT2D eigenvalue weighted by molar-refractivity contribution is 6.32. The number of hydrogen-bond acceptors (Lipinski definition) is 5. The Morgan fingerprint density at radius 3 is 2.41 bits per heavy atom. The minimum Gasteiger partial charge on any atom is -0.481 e. The van der Waals surface area contributed by atoms with Crippen LogP contribution >= 0.6 is 11.6 Å². The predicted octanol–water partition coefficient (Wildman–Crippen LogP) is 5.58. The van der Waals surface area contributed by atoms with E-state index in [2.05, 4.69) is 5.32 Å². The van der Waals surface area contributed by atoms with Crippen molar-refractivity contribution in [3.63, 3.8) is 0 Å². The SMILES string of the molecule is CC(C)(CNc1cc(Oc2ccc(C(F)(F)F)cc2Cl)ccc1[N+](=O)[O-])C(=O)O. The van der Waals surface area contributed by atoms with Gasteiger partial charge in [0.15, 0.2) is 0 Å². The number of benzene rings is 2. The summed E-state index contributed by atoms with van der Waals surface area (Å²) in [5.41, 5.74) is -2.49. The standard InChI is InChI=1S/C18H16ClF3N2O5/c1-17(2,16(25)26)9-23-13-8-11(4-5-14(13)24(27)28)29-15-6-3-10(7-12(15)19)18(20,21)22/h3-8,23H,9H2,1-2H3,(H,25,26). The third-order valence-corrected chi connectivity index (χ3v) is 4.25. The van der Waals surface area contributed by atoms with E-state index < -0.39 is 28.0 Å². The van der Waals surface area contributed by atoms with Crippen molar-refractivity contribution in [3.8, 4) is 11.5 Å². The van der Waals surface area contributed by atoms with E-state index in [1.54, 1.807) is 0 Å². The van der Waals surface area contributed by atoms with Gasteiger partial charge in [-0.3, -0.25) is 14.9 Å². The average molecular weight is 433 g/mol. The van der Waals surface area contributed by atoms with Crippen molar-refractivity contribution in [2.24, 2.45) is 5.41 Å². The van der Waals surface area contributed by atoms with Gasteiger partial charge in [0.25, 0.3) is 5.69 Å². The molecule has 2 aromatic carbocycles. The Morgan fingerprint density at radius 2 is 1.90 bits per heavy atom. The lowest BCUT2D eigenvalue weighted by molar-refractivity contribution is -0.384. The molecule has 0 bridgehead atoms. The quantitative estimate of drug-likeness (QED) is 0.437. The van der Waals surface area contributed by atoms with Gasteiger partial charge in [0.1, 0.15) is 17.2 Å². The number of ether oxygens (including phenoxy) is 1. The third-order valence-electron chi connectivity index (χ3n) is 3.95. The first-order valence-electron chi connectivity index (χ1n) is 8.11. The number of nitro groups is 1. The lowest BCUT2D eigenvalue weighted by Gasteiger charge is -2.20. The molecule has 0 aliphatic rings. The molecule has 0 spiro atoms. The number of nitrogens with one attached hydrogen (secondary N) is 1. The van der Waals surface area contributed by atoms with Gasteiger partial charge in [0.2, 0.25) is 0 Å². The number of carbonyl (C=O) groups is 1. The number of aliphatic carboxylic acids is 1. The van der Waals surface area contributed by atoms with Crippen LogP contribution in [0.25, 0.3) is 0 Å². The van der Waals surface area contributed by atoms with Crippen LogP contribution in [0.3, 0.4) is 0 Å². The lowest BCUT2D eigenvalue weighted by Crippen LogP contribution is -2.31. The highest BCUT2D eigenvalue weighted by Gasteiger charge is 2.31. The Morgan fingerprint density at radius 1 is 1.24 bits per heavy atom. The maximum absolute atomic E-state index is 12.7. The first-order valence-corrected chi connectivity index (χ1v) is 8.49. The van der Waals surface area contributed by atoms with E-state index in [9.17, 15) is 28.1 Å². The summed E-state index contributed by atoms with van der Waals surface area (Å²) in [6.07, 6.45) is -4.57. The molecule has 0 aliphatic carbocycles. The molecule has 11 heteroatoms. The summed E-state index contributed by atoms with van der Waals surface area (Å²) in [5, 5.41) is 22.8. The minimum absolute atomic E-state index is 0.00939. The van der Waals surface area contributed by atoms with Gasteiger partial charge in [-0.25, -0.2) is 0 Å². The van der Waals surface area contributed by atoms with Crippen LogP contribution < -0.4 is 10.1 Å². The monoisotopic (exact) mass is 432 g/mol. The molecule has 0 heterocycles. The van der Waals surface area contributed by atoms with Gasteiger partial charge < -0.3 is 15.2 Å². The Bertz CT molecular complexity index is 948. The number of hydrogen-bond donors (Lipinski definition) is 2. The number of carboxylic acids is 1. The zero-order valence-corrected chi connectivity index (χ0v) is 16.0. The Labute approximate surface area is 168 Å². The first-order chi connectivity index (χ1) is 13.3. The number of anilines is 1. The number of carboxylic acid groups (broad SMARTS) is 1. The maximum Gasteiger partial charge on any atom is 0.416 e. The summed E-state index contributed by atoms with van der Waals surface area (Å²) in [5.74, 6) is -1.12. The molecule has 2 N–H and O–H groups in total. The molecule has 0 aromatic heterocycles. The van der Waals surface area contributed by atoms with Crippen LogP contribution in [-0.2, 0) is 11.0 Å². The van der Waals surface area contributed by atoms with Crippen molar-refractivity contribution in [2.45, 2.75) is 20.0 Å². The molecule has 29 heavy (non-hydrogen) atoms. The number of rotatable bonds is 7. The lowest BCUT2D eigenvalue weighted by atomic mass is 9.94. The number of nitro benzene ring substituents is 1. The van der Waals surface area contributed by atoms with E-state index in [1.165, 1.54) is 26.0 Å². The molecule has 0 unspecified atom stereocenters. The van der Waals surface area contributed by atoms with Crippen LogP contribution in [0.5, 0.6) is 11.5 Å². The second-order valence-corrected chi connectivity index (χ2v) is 7.13. The number of nitrogens with zero attached hydrogens (tertiary/aromatic N) is 1. The fourth-order valence-electron chi connectivity index (χ4n) is 2.16. The number of alkyl halides is 3. The van der Waals surface area contributed by atoms with Crippen LogP contribution in [0.2, 0.25) is 5.02 Å². The second-order valence-electron chi connectivity index (χ2n) is 6.72. The summed E-state index contributed by atoms with van der Waals surface area (Å²) < 4.78 is 43.6. The summed E-state index contributed by atoms with van der Waals surface area (Å²) in [4.78, 5) is 21.8. The normalized spacial score (nSPS) is 11.8.